The third-order valence-corrected chi connectivity index (χ3v) is 4.70. The fourth-order valence-electron chi connectivity index (χ4n) is 1.65. The summed E-state index contributed by atoms with van der Waals surface area (Å²) in [4.78, 5) is 2.10. The summed E-state index contributed by atoms with van der Waals surface area (Å²) in [5.41, 5.74) is 0. The molecule has 0 aromatic rings. The van der Waals surface area contributed by atoms with Gasteiger partial charge in [0.25, 0.3) is 0 Å². The Bertz CT molecular complexity index is 235. The third-order valence-electron chi connectivity index (χ3n) is 2.49. The molecular weight excluding hydrogens is 174 g/mol. The largest absolute Gasteiger partial charge is 0.305 e. The molecule has 1 aliphatic heterocycles. The molecule has 0 amide bonds. The van der Waals surface area contributed by atoms with E-state index in [1.54, 1.807) is 6.92 Å². The van der Waals surface area contributed by atoms with Crippen LogP contribution < -0.4 is 0 Å². The van der Waals surface area contributed by atoms with Crippen LogP contribution in [0.4, 0.5) is 0 Å². The van der Waals surface area contributed by atoms with Crippen molar-refractivity contribution in [2.75, 3.05) is 25.9 Å². The van der Waals surface area contributed by atoms with Gasteiger partial charge in [0, 0.05) is 12.3 Å². The zero-order chi connectivity index (χ0) is 9.19. The lowest BCUT2D eigenvalue weighted by molar-refractivity contribution is 0.278. The quantitative estimate of drug-likeness (QED) is 0.638. The number of likely N-dealkylation sites (tertiary alicyclic amines) is 1. The van der Waals surface area contributed by atoms with Gasteiger partial charge in [-0.3, -0.25) is 0 Å². The molecule has 0 bridgehead atoms. The summed E-state index contributed by atoms with van der Waals surface area (Å²) >= 11 is 0. The number of rotatable bonds is 2. The molecule has 1 heterocycles. The molecule has 4 heteroatoms. The normalized spacial score (nSPS) is 27.3. The van der Waals surface area contributed by atoms with Crippen LogP contribution in [-0.2, 0) is 9.84 Å². The van der Waals surface area contributed by atoms with Crippen molar-refractivity contribution in [3.63, 3.8) is 0 Å². The molecule has 12 heavy (non-hydrogen) atoms. The van der Waals surface area contributed by atoms with E-state index in [1.165, 1.54) is 0 Å². The Morgan fingerprint density at radius 1 is 1.50 bits per heavy atom. The molecule has 1 saturated heterocycles. The molecule has 0 aromatic heterocycles. The van der Waals surface area contributed by atoms with Gasteiger partial charge in [-0.1, -0.05) is 6.92 Å². The molecule has 0 N–H and O–H groups in total. The molecule has 3 nitrogen and oxygen atoms in total. The van der Waals surface area contributed by atoms with Crippen LogP contribution in [0.15, 0.2) is 0 Å². The summed E-state index contributed by atoms with van der Waals surface area (Å²) in [6, 6.07) is 0. The smallest absolute Gasteiger partial charge is 0.154 e. The van der Waals surface area contributed by atoms with E-state index in [2.05, 4.69) is 4.90 Å². The Morgan fingerprint density at radius 3 is 2.67 bits per heavy atom. The van der Waals surface area contributed by atoms with Crippen molar-refractivity contribution in [1.29, 1.82) is 0 Å². The second-order valence-corrected chi connectivity index (χ2v) is 6.05. The Morgan fingerprint density at radius 2 is 2.17 bits per heavy atom. The minimum atomic E-state index is -2.80. The molecular formula is C8H17NO2S. The Hall–Kier alpha value is -0.0900. The van der Waals surface area contributed by atoms with Gasteiger partial charge in [-0.25, -0.2) is 8.42 Å². The van der Waals surface area contributed by atoms with Gasteiger partial charge in [0.05, 0.1) is 5.25 Å². The standard InChI is InChI=1S/C8H17NO2S/c1-3-12(10,11)8-5-4-6-9(2)7-8/h8H,3-7H2,1-2H3/t8-/m1/s1. The monoisotopic (exact) mass is 191 g/mol. The van der Waals surface area contributed by atoms with Gasteiger partial charge in [-0.2, -0.15) is 0 Å². The zero-order valence-electron chi connectivity index (χ0n) is 7.78. The van der Waals surface area contributed by atoms with E-state index >= 15 is 0 Å². The predicted octanol–water partition coefficient (Wildman–Crippen LogP) is 0.515. The molecule has 1 aliphatic rings. The Labute approximate surface area is 74.7 Å². The topological polar surface area (TPSA) is 37.4 Å². The van der Waals surface area contributed by atoms with Crippen molar-refractivity contribution in [2.24, 2.45) is 0 Å². The highest BCUT2D eigenvalue weighted by atomic mass is 32.2. The molecule has 0 spiro atoms. The van der Waals surface area contributed by atoms with Gasteiger partial charge in [-0.05, 0) is 26.4 Å². The lowest BCUT2D eigenvalue weighted by atomic mass is 10.1. The van der Waals surface area contributed by atoms with Crippen LogP contribution in [0.5, 0.6) is 0 Å². The lowest BCUT2D eigenvalue weighted by Crippen LogP contribution is -2.40. The van der Waals surface area contributed by atoms with E-state index in [0.29, 0.717) is 0 Å². The average molecular weight is 191 g/mol. The van der Waals surface area contributed by atoms with Crippen LogP contribution >= 0.6 is 0 Å². The first-order chi connectivity index (χ1) is 5.56. The number of nitrogens with zero attached hydrogens (tertiary/aromatic N) is 1. The van der Waals surface area contributed by atoms with Crippen LogP contribution in [0.1, 0.15) is 19.8 Å². The minimum Gasteiger partial charge on any atom is -0.305 e. The minimum absolute atomic E-state index is 0.110. The van der Waals surface area contributed by atoms with E-state index in [1.807, 2.05) is 7.05 Å². The first-order valence-corrected chi connectivity index (χ1v) is 6.18. The Kier molecular flexibility index (Phi) is 3.12. The van der Waals surface area contributed by atoms with Crippen LogP contribution in [0.25, 0.3) is 0 Å². The number of hydrogen-bond acceptors (Lipinski definition) is 3. The molecule has 0 aliphatic carbocycles. The summed E-state index contributed by atoms with van der Waals surface area (Å²) < 4.78 is 22.9. The molecule has 0 unspecified atom stereocenters. The maximum absolute atomic E-state index is 11.5. The van der Waals surface area contributed by atoms with Crippen LogP contribution in [0, 0.1) is 0 Å². The first kappa shape index (κ1) is 9.99. The van der Waals surface area contributed by atoms with E-state index in [0.717, 1.165) is 25.9 Å². The summed E-state index contributed by atoms with van der Waals surface area (Å²) in [6.07, 6.45) is 1.86. The summed E-state index contributed by atoms with van der Waals surface area (Å²) in [5, 5.41) is -0.110. The molecule has 1 rings (SSSR count). The van der Waals surface area contributed by atoms with Gasteiger partial charge in [0.15, 0.2) is 9.84 Å². The lowest BCUT2D eigenvalue weighted by Gasteiger charge is -2.28. The summed E-state index contributed by atoms with van der Waals surface area (Å²) in [6.45, 7) is 3.48. The van der Waals surface area contributed by atoms with Gasteiger partial charge in [0.2, 0.25) is 0 Å². The van der Waals surface area contributed by atoms with E-state index in [4.69, 9.17) is 0 Å². The highest BCUT2D eigenvalue weighted by Crippen LogP contribution is 2.16. The molecule has 0 aromatic carbocycles. The number of hydrogen-bond donors (Lipinski definition) is 0. The van der Waals surface area contributed by atoms with Gasteiger partial charge in [0.1, 0.15) is 0 Å². The molecule has 0 saturated carbocycles. The van der Waals surface area contributed by atoms with Gasteiger partial charge in [-0.15, -0.1) is 0 Å². The summed E-state index contributed by atoms with van der Waals surface area (Å²) in [7, 11) is -0.812. The zero-order valence-corrected chi connectivity index (χ0v) is 8.60. The van der Waals surface area contributed by atoms with E-state index < -0.39 is 9.84 Å². The van der Waals surface area contributed by atoms with Gasteiger partial charge < -0.3 is 4.90 Å². The fraction of sp³-hybridized carbons (Fsp3) is 1.00. The van der Waals surface area contributed by atoms with E-state index in [-0.39, 0.29) is 11.0 Å². The average Bonchev–Trinajstić information content (AvgIpc) is 2.05. The molecule has 72 valence electrons. The highest BCUT2D eigenvalue weighted by Gasteiger charge is 2.27. The van der Waals surface area contributed by atoms with Crippen molar-refractivity contribution in [1.82, 2.24) is 4.90 Å². The predicted molar refractivity (Wildman–Crippen MR) is 50.0 cm³/mol. The molecule has 1 fully saturated rings. The van der Waals surface area contributed by atoms with Gasteiger partial charge >= 0.3 is 0 Å². The molecule has 1 atom stereocenters. The Balaban J connectivity index is 2.63. The number of sulfone groups is 1. The third kappa shape index (κ3) is 2.20. The highest BCUT2D eigenvalue weighted by molar-refractivity contribution is 7.92. The van der Waals surface area contributed by atoms with Crippen molar-refractivity contribution >= 4 is 9.84 Å². The summed E-state index contributed by atoms with van der Waals surface area (Å²) in [5.74, 6) is 0.283. The van der Waals surface area contributed by atoms with Crippen molar-refractivity contribution in [3.8, 4) is 0 Å². The maximum Gasteiger partial charge on any atom is 0.154 e. The second-order valence-electron chi connectivity index (χ2n) is 3.48. The maximum atomic E-state index is 11.5. The first-order valence-electron chi connectivity index (χ1n) is 4.46. The van der Waals surface area contributed by atoms with Crippen molar-refractivity contribution in [3.05, 3.63) is 0 Å². The van der Waals surface area contributed by atoms with Crippen molar-refractivity contribution < 1.29 is 8.42 Å². The van der Waals surface area contributed by atoms with Crippen molar-refractivity contribution in [2.45, 2.75) is 25.0 Å². The van der Waals surface area contributed by atoms with Crippen LogP contribution in [0.3, 0.4) is 0 Å². The van der Waals surface area contributed by atoms with E-state index in [9.17, 15) is 8.42 Å². The SMILES string of the molecule is CCS(=O)(=O)[C@@H]1CCCN(C)C1. The molecule has 0 radical (unpaired) electrons. The second kappa shape index (κ2) is 3.75. The number of piperidine rings is 1. The van der Waals surface area contributed by atoms with Crippen LogP contribution in [-0.4, -0.2) is 44.5 Å². The fourth-order valence-corrected chi connectivity index (χ4v) is 3.13. The van der Waals surface area contributed by atoms with Crippen LogP contribution in [0.2, 0.25) is 0 Å².